The van der Waals surface area contributed by atoms with Crippen LogP contribution in [-0.2, 0) is 0 Å². The van der Waals surface area contributed by atoms with Gasteiger partial charge in [0.05, 0.1) is 0 Å². The molecule has 0 spiro atoms. The van der Waals surface area contributed by atoms with E-state index in [1.165, 1.54) is 24.8 Å². The number of nitrogens with two attached hydrogens (primary N) is 1. The van der Waals surface area contributed by atoms with E-state index in [0.717, 1.165) is 5.56 Å². The van der Waals surface area contributed by atoms with Crippen LogP contribution in [-0.4, -0.2) is 6.18 Å². The molecule has 100 valence electrons. The van der Waals surface area contributed by atoms with E-state index in [1.54, 1.807) is 0 Å². The molecule has 1 unspecified atom stereocenters. The van der Waals surface area contributed by atoms with E-state index in [0.29, 0.717) is 5.92 Å². The van der Waals surface area contributed by atoms with Crippen molar-refractivity contribution < 1.29 is 13.2 Å². The Kier molecular flexibility index (Phi) is 3.95. The summed E-state index contributed by atoms with van der Waals surface area (Å²) in [5, 5.41) is 0. The Labute approximate surface area is 105 Å². The van der Waals surface area contributed by atoms with Gasteiger partial charge >= 0.3 is 6.18 Å². The van der Waals surface area contributed by atoms with Gasteiger partial charge in [0.1, 0.15) is 0 Å². The number of halogens is 3. The molecule has 0 bridgehead atoms. The number of hydrogen-bond acceptors (Lipinski definition) is 1. The lowest BCUT2D eigenvalue weighted by atomic mass is 9.80. The Morgan fingerprint density at radius 2 is 1.78 bits per heavy atom. The van der Waals surface area contributed by atoms with E-state index >= 15 is 0 Å². The van der Waals surface area contributed by atoms with Crippen molar-refractivity contribution in [2.45, 2.75) is 50.2 Å². The van der Waals surface area contributed by atoms with Crippen LogP contribution < -0.4 is 5.73 Å². The highest BCUT2D eigenvalue weighted by molar-refractivity contribution is 5.28. The molecule has 1 fully saturated rings. The smallest absolute Gasteiger partial charge is 0.324 e. The van der Waals surface area contributed by atoms with Crippen molar-refractivity contribution in [2.75, 3.05) is 0 Å². The van der Waals surface area contributed by atoms with Gasteiger partial charge in [-0.15, -0.1) is 0 Å². The predicted molar refractivity (Wildman–Crippen MR) is 65.3 cm³/mol. The first-order valence-corrected chi connectivity index (χ1v) is 6.38. The molecule has 0 heterocycles. The van der Waals surface area contributed by atoms with Gasteiger partial charge in [-0.25, -0.2) is 0 Å². The fourth-order valence-electron chi connectivity index (χ4n) is 2.24. The molecule has 0 saturated heterocycles. The van der Waals surface area contributed by atoms with Gasteiger partial charge in [0, 0.05) is 12.5 Å². The van der Waals surface area contributed by atoms with Crippen LogP contribution in [0.15, 0.2) is 24.3 Å². The highest BCUT2D eigenvalue weighted by Crippen LogP contribution is 2.36. The standard InChI is InChI=1S/C14H18F3N/c15-14(16,17)9-8-13(18)12-6-4-11(5-7-12)10-2-1-3-10/h4-7,10,13H,1-3,8-9,18H2. The fourth-order valence-corrected chi connectivity index (χ4v) is 2.24. The molecule has 18 heavy (non-hydrogen) atoms. The molecule has 2 N–H and O–H groups in total. The Morgan fingerprint density at radius 1 is 1.17 bits per heavy atom. The topological polar surface area (TPSA) is 26.0 Å². The normalized spacial score (nSPS) is 18.4. The minimum Gasteiger partial charge on any atom is -0.324 e. The van der Waals surface area contributed by atoms with Crippen molar-refractivity contribution >= 4 is 0 Å². The quantitative estimate of drug-likeness (QED) is 0.855. The van der Waals surface area contributed by atoms with E-state index in [4.69, 9.17) is 5.73 Å². The summed E-state index contributed by atoms with van der Waals surface area (Å²) in [5.41, 5.74) is 7.85. The number of rotatable bonds is 4. The molecule has 2 rings (SSSR count). The van der Waals surface area contributed by atoms with Gasteiger partial charge in [0.25, 0.3) is 0 Å². The average molecular weight is 257 g/mol. The van der Waals surface area contributed by atoms with Gasteiger partial charge in [-0.1, -0.05) is 30.7 Å². The zero-order chi connectivity index (χ0) is 13.2. The van der Waals surface area contributed by atoms with Gasteiger partial charge in [0.2, 0.25) is 0 Å². The third-order valence-electron chi connectivity index (χ3n) is 3.68. The summed E-state index contributed by atoms with van der Waals surface area (Å²) < 4.78 is 36.3. The Hall–Kier alpha value is -1.03. The molecule has 1 saturated carbocycles. The van der Waals surface area contributed by atoms with Crippen molar-refractivity contribution in [2.24, 2.45) is 5.73 Å². The summed E-state index contributed by atoms with van der Waals surface area (Å²) in [6.07, 6.45) is -1.27. The van der Waals surface area contributed by atoms with E-state index in [9.17, 15) is 13.2 Å². The van der Waals surface area contributed by atoms with E-state index in [1.807, 2.05) is 24.3 Å². The van der Waals surface area contributed by atoms with E-state index in [2.05, 4.69) is 0 Å². The van der Waals surface area contributed by atoms with Crippen LogP contribution in [0.2, 0.25) is 0 Å². The van der Waals surface area contributed by atoms with E-state index < -0.39 is 18.6 Å². The predicted octanol–water partition coefficient (Wildman–Crippen LogP) is 4.30. The molecular formula is C14H18F3N. The summed E-state index contributed by atoms with van der Waals surface area (Å²) in [6.45, 7) is 0. The monoisotopic (exact) mass is 257 g/mol. The molecule has 0 radical (unpaired) electrons. The lowest BCUT2D eigenvalue weighted by molar-refractivity contribution is -0.136. The lowest BCUT2D eigenvalue weighted by Gasteiger charge is -2.26. The van der Waals surface area contributed by atoms with Crippen molar-refractivity contribution in [3.63, 3.8) is 0 Å². The summed E-state index contributed by atoms with van der Waals surface area (Å²) >= 11 is 0. The third-order valence-corrected chi connectivity index (χ3v) is 3.68. The highest BCUT2D eigenvalue weighted by Gasteiger charge is 2.28. The average Bonchev–Trinajstić information content (AvgIpc) is 2.23. The van der Waals surface area contributed by atoms with Crippen molar-refractivity contribution in [3.05, 3.63) is 35.4 Å². The number of benzene rings is 1. The van der Waals surface area contributed by atoms with Crippen LogP contribution in [0.25, 0.3) is 0 Å². The lowest BCUT2D eigenvalue weighted by Crippen LogP contribution is -2.16. The first kappa shape index (κ1) is 13.4. The van der Waals surface area contributed by atoms with E-state index in [-0.39, 0.29) is 6.42 Å². The molecular weight excluding hydrogens is 239 g/mol. The second-order valence-corrected chi connectivity index (χ2v) is 5.05. The summed E-state index contributed by atoms with van der Waals surface area (Å²) in [7, 11) is 0. The molecule has 0 aromatic heterocycles. The Balaban J connectivity index is 1.91. The molecule has 0 amide bonds. The van der Waals surface area contributed by atoms with Crippen molar-refractivity contribution in [1.82, 2.24) is 0 Å². The van der Waals surface area contributed by atoms with Gasteiger partial charge in [0.15, 0.2) is 0 Å². The number of alkyl halides is 3. The van der Waals surface area contributed by atoms with Crippen molar-refractivity contribution in [1.29, 1.82) is 0 Å². The largest absolute Gasteiger partial charge is 0.389 e. The van der Waals surface area contributed by atoms with Crippen molar-refractivity contribution in [3.8, 4) is 0 Å². The molecule has 1 aromatic rings. The molecule has 1 aliphatic carbocycles. The van der Waals surface area contributed by atoms with Gasteiger partial charge in [-0.2, -0.15) is 13.2 Å². The summed E-state index contributed by atoms with van der Waals surface area (Å²) in [4.78, 5) is 0. The summed E-state index contributed by atoms with van der Waals surface area (Å²) in [6, 6.07) is 7.23. The van der Waals surface area contributed by atoms with Crippen LogP contribution in [0.4, 0.5) is 13.2 Å². The molecule has 1 nitrogen and oxygen atoms in total. The molecule has 1 atom stereocenters. The van der Waals surface area contributed by atoms with Crippen LogP contribution in [0.5, 0.6) is 0 Å². The third kappa shape index (κ3) is 3.48. The molecule has 1 aliphatic rings. The maximum Gasteiger partial charge on any atom is 0.389 e. The maximum atomic E-state index is 12.1. The van der Waals surface area contributed by atoms with Crippen LogP contribution in [0, 0.1) is 0 Å². The highest BCUT2D eigenvalue weighted by atomic mass is 19.4. The second-order valence-electron chi connectivity index (χ2n) is 5.05. The minimum absolute atomic E-state index is 0.0493. The Bertz CT molecular complexity index is 379. The molecule has 0 aliphatic heterocycles. The minimum atomic E-state index is -4.12. The SMILES string of the molecule is NC(CCC(F)(F)F)c1ccc(C2CCC2)cc1. The zero-order valence-electron chi connectivity index (χ0n) is 10.2. The van der Waals surface area contributed by atoms with Gasteiger partial charge < -0.3 is 5.73 Å². The first-order valence-electron chi connectivity index (χ1n) is 6.38. The Morgan fingerprint density at radius 3 is 2.22 bits per heavy atom. The van der Waals surface area contributed by atoms with Gasteiger partial charge in [-0.3, -0.25) is 0 Å². The number of hydrogen-bond donors (Lipinski definition) is 1. The van der Waals surface area contributed by atoms with Gasteiger partial charge in [-0.05, 0) is 36.3 Å². The zero-order valence-corrected chi connectivity index (χ0v) is 10.2. The first-order chi connectivity index (χ1) is 8.46. The molecule has 4 heteroatoms. The van der Waals surface area contributed by atoms with Crippen LogP contribution in [0.1, 0.15) is 55.2 Å². The fraction of sp³-hybridized carbons (Fsp3) is 0.571. The molecule has 1 aromatic carbocycles. The van der Waals surface area contributed by atoms with Crippen LogP contribution in [0.3, 0.4) is 0 Å². The van der Waals surface area contributed by atoms with Crippen LogP contribution >= 0.6 is 0 Å². The summed E-state index contributed by atoms with van der Waals surface area (Å²) in [5.74, 6) is 0.644. The maximum absolute atomic E-state index is 12.1. The second kappa shape index (κ2) is 5.31.